The van der Waals surface area contributed by atoms with Gasteiger partial charge < -0.3 is 15.0 Å². The third kappa shape index (κ3) is 3.63. The smallest absolute Gasteiger partial charge is 0.410 e. The Morgan fingerprint density at radius 2 is 2.23 bits per heavy atom. The predicted octanol–water partition coefficient (Wildman–Crippen LogP) is 0.827. The Labute approximate surface area is 80.6 Å². The molecule has 1 rings (SSSR count). The maximum Gasteiger partial charge on any atom is 0.410 e. The largest absolute Gasteiger partial charge is 0.444 e. The number of nitrogens with zero attached hydrogens (tertiary/aromatic N) is 1. The van der Waals surface area contributed by atoms with Gasteiger partial charge >= 0.3 is 6.09 Å². The van der Waals surface area contributed by atoms with E-state index in [0.29, 0.717) is 13.1 Å². The van der Waals surface area contributed by atoms with Crippen molar-refractivity contribution in [3.8, 4) is 0 Å². The first-order valence-corrected chi connectivity index (χ1v) is 4.53. The number of carbonyl (C=O) groups excluding carboxylic acids is 1. The lowest BCUT2D eigenvalue weighted by Gasteiger charge is -2.30. The van der Waals surface area contributed by atoms with E-state index in [2.05, 4.69) is 5.32 Å². The Morgan fingerprint density at radius 1 is 1.54 bits per heavy atom. The molecule has 1 heterocycles. The highest BCUT2D eigenvalue weighted by Gasteiger charge is 2.22. The van der Waals surface area contributed by atoms with Crippen molar-refractivity contribution in [1.82, 2.24) is 10.2 Å². The molecule has 1 unspecified atom stereocenters. The number of ether oxygens (including phenoxy) is 1. The maximum absolute atomic E-state index is 11.6. The van der Waals surface area contributed by atoms with Crippen LogP contribution in [0.25, 0.3) is 0 Å². The van der Waals surface area contributed by atoms with Crippen molar-refractivity contribution in [1.29, 1.82) is 0 Å². The molecule has 13 heavy (non-hydrogen) atoms. The summed E-state index contributed by atoms with van der Waals surface area (Å²) in [5, 5.41) is 3.05. The van der Waals surface area contributed by atoms with Crippen LogP contribution < -0.4 is 5.32 Å². The fourth-order valence-electron chi connectivity index (χ4n) is 1.05. The van der Waals surface area contributed by atoms with Gasteiger partial charge in [0.05, 0.1) is 1.37 Å². The Bertz CT molecular complexity index is 215. The fourth-order valence-corrected chi connectivity index (χ4v) is 1.05. The molecule has 1 aliphatic rings. The molecule has 0 spiro atoms. The van der Waals surface area contributed by atoms with Gasteiger partial charge in [-0.2, -0.15) is 0 Å². The molecule has 0 aromatic rings. The van der Waals surface area contributed by atoms with Crippen LogP contribution in [-0.2, 0) is 4.74 Å². The highest BCUT2D eigenvalue weighted by Crippen LogP contribution is 2.09. The topological polar surface area (TPSA) is 41.6 Å². The van der Waals surface area contributed by atoms with E-state index in [0.717, 1.165) is 6.54 Å². The lowest BCUT2D eigenvalue weighted by Crippen LogP contribution is -2.48. The van der Waals surface area contributed by atoms with Crippen molar-refractivity contribution in [3.05, 3.63) is 0 Å². The first-order chi connectivity index (χ1) is 6.40. The van der Waals surface area contributed by atoms with Crippen LogP contribution in [0.3, 0.4) is 0 Å². The van der Waals surface area contributed by atoms with Gasteiger partial charge in [-0.05, 0) is 20.8 Å². The van der Waals surface area contributed by atoms with Crippen LogP contribution in [0.5, 0.6) is 0 Å². The number of nitrogens with one attached hydrogen (secondary N) is 1. The minimum absolute atomic E-state index is 0.390. The molecule has 4 heteroatoms. The summed E-state index contributed by atoms with van der Waals surface area (Å²) in [7, 11) is 0. The molecule has 1 aliphatic heterocycles. The summed E-state index contributed by atoms with van der Waals surface area (Å²) in [6, 6.07) is 0. The summed E-state index contributed by atoms with van der Waals surface area (Å²) >= 11 is 0. The summed E-state index contributed by atoms with van der Waals surface area (Å²) in [4.78, 5) is 13.0. The molecule has 76 valence electrons. The van der Waals surface area contributed by atoms with Crippen LogP contribution in [0.1, 0.15) is 22.1 Å². The maximum atomic E-state index is 11.6. The first kappa shape index (κ1) is 8.81. The Hall–Kier alpha value is -0.770. The normalized spacial score (nSPS) is 25.3. The second-order valence-electron chi connectivity index (χ2n) is 4.06. The number of amides is 1. The van der Waals surface area contributed by atoms with Crippen LogP contribution in [0.2, 0.25) is 0 Å². The van der Waals surface area contributed by atoms with E-state index in [-0.39, 0.29) is 6.09 Å². The summed E-state index contributed by atoms with van der Waals surface area (Å²) in [5.74, 6) is 0. The summed E-state index contributed by atoms with van der Waals surface area (Å²) in [6.45, 7) is 6.74. The molecule has 1 atom stereocenters. The van der Waals surface area contributed by atoms with Crippen molar-refractivity contribution in [2.45, 2.75) is 26.4 Å². The van der Waals surface area contributed by atoms with E-state index in [1.807, 2.05) is 20.8 Å². The Balaban J connectivity index is 2.50. The van der Waals surface area contributed by atoms with Gasteiger partial charge in [-0.15, -0.1) is 0 Å². The van der Waals surface area contributed by atoms with E-state index in [4.69, 9.17) is 6.11 Å². The molecule has 1 fully saturated rings. The molecule has 0 saturated carbocycles. The molecule has 0 aliphatic carbocycles. The standard InChI is InChI=1S/C9H18N2O2/c1-9(2,3)13-8(12)11-6-4-10-5-7-11/h10H,4-7H2,1-3H3/i6D. The number of rotatable bonds is 0. The second-order valence-corrected chi connectivity index (χ2v) is 4.06. The van der Waals surface area contributed by atoms with E-state index in [9.17, 15) is 4.79 Å². The van der Waals surface area contributed by atoms with Gasteiger partial charge in [0.1, 0.15) is 5.60 Å². The SMILES string of the molecule is [2H]C1CNCCN1C(=O)OC(C)(C)C. The monoisotopic (exact) mass is 187 g/mol. The van der Waals surface area contributed by atoms with Crippen molar-refractivity contribution >= 4 is 6.09 Å². The summed E-state index contributed by atoms with van der Waals surface area (Å²) in [5.41, 5.74) is -0.484. The molecule has 0 radical (unpaired) electrons. The van der Waals surface area contributed by atoms with E-state index < -0.39 is 12.1 Å². The summed E-state index contributed by atoms with van der Waals surface area (Å²) < 4.78 is 12.8. The lowest BCUT2D eigenvalue weighted by atomic mass is 10.2. The molecule has 1 saturated heterocycles. The van der Waals surface area contributed by atoms with Crippen molar-refractivity contribution < 1.29 is 10.9 Å². The van der Waals surface area contributed by atoms with Gasteiger partial charge in [-0.1, -0.05) is 0 Å². The average Bonchev–Trinajstić information content (AvgIpc) is 2.01. The fraction of sp³-hybridized carbons (Fsp3) is 0.889. The van der Waals surface area contributed by atoms with Crippen LogP contribution in [0, 0.1) is 0 Å². The molecule has 0 bridgehead atoms. The Morgan fingerprint density at radius 3 is 2.77 bits per heavy atom. The third-order valence-electron chi connectivity index (χ3n) is 1.61. The van der Waals surface area contributed by atoms with Gasteiger partial charge in [0.25, 0.3) is 0 Å². The van der Waals surface area contributed by atoms with E-state index >= 15 is 0 Å². The molecule has 0 aromatic carbocycles. The van der Waals surface area contributed by atoms with E-state index in [1.54, 1.807) is 0 Å². The van der Waals surface area contributed by atoms with Crippen molar-refractivity contribution in [2.75, 3.05) is 26.2 Å². The van der Waals surface area contributed by atoms with Gasteiger partial charge in [-0.25, -0.2) is 4.79 Å². The minimum atomic E-state index is -0.529. The van der Waals surface area contributed by atoms with Gasteiger partial charge in [-0.3, -0.25) is 0 Å². The number of hydrogen-bond acceptors (Lipinski definition) is 3. The number of piperazine rings is 1. The van der Waals surface area contributed by atoms with Crippen LogP contribution >= 0.6 is 0 Å². The third-order valence-corrected chi connectivity index (χ3v) is 1.61. The zero-order valence-corrected chi connectivity index (χ0v) is 8.46. The molecule has 4 nitrogen and oxygen atoms in total. The molecule has 1 N–H and O–H groups in total. The zero-order chi connectivity index (χ0) is 10.8. The lowest BCUT2D eigenvalue weighted by molar-refractivity contribution is 0.0229. The Kier molecular flexibility index (Phi) is 2.68. The summed E-state index contributed by atoms with van der Waals surface area (Å²) in [6.07, 6.45) is -0.390. The number of hydrogen-bond donors (Lipinski definition) is 1. The van der Waals surface area contributed by atoms with Gasteiger partial charge in [0.2, 0.25) is 0 Å². The van der Waals surface area contributed by atoms with Gasteiger partial charge in [0.15, 0.2) is 0 Å². The second kappa shape index (κ2) is 3.96. The highest BCUT2D eigenvalue weighted by molar-refractivity contribution is 5.68. The first-order valence-electron chi connectivity index (χ1n) is 5.10. The predicted molar refractivity (Wildman–Crippen MR) is 50.7 cm³/mol. The highest BCUT2D eigenvalue weighted by atomic mass is 16.6. The van der Waals surface area contributed by atoms with Crippen LogP contribution in [0.15, 0.2) is 0 Å². The van der Waals surface area contributed by atoms with Crippen molar-refractivity contribution in [3.63, 3.8) is 0 Å². The van der Waals surface area contributed by atoms with Crippen LogP contribution in [0.4, 0.5) is 4.79 Å². The molecular formula is C9H18N2O2. The molecular weight excluding hydrogens is 168 g/mol. The van der Waals surface area contributed by atoms with Crippen molar-refractivity contribution in [2.24, 2.45) is 0 Å². The van der Waals surface area contributed by atoms with Crippen LogP contribution in [-0.4, -0.2) is 42.7 Å². The quantitative estimate of drug-likeness (QED) is 0.610. The molecule has 0 aromatic heterocycles. The zero-order valence-electron chi connectivity index (χ0n) is 9.46. The van der Waals surface area contributed by atoms with Gasteiger partial charge in [0, 0.05) is 26.2 Å². The minimum Gasteiger partial charge on any atom is -0.444 e. The van der Waals surface area contributed by atoms with E-state index in [1.165, 1.54) is 4.90 Å². The average molecular weight is 187 g/mol. The number of carbonyl (C=O) groups is 1. The molecule has 1 amide bonds.